The summed E-state index contributed by atoms with van der Waals surface area (Å²) in [5.74, 6) is 2.05. The summed E-state index contributed by atoms with van der Waals surface area (Å²) in [5, 5.41) is 7.72. The Morgan fingerprint density at radius 3 is 2.62 bits per heavy atom. The first kappa shape index (κ1) is 16.7. The molecule has 1 N–H and O–H groups in total. The summed E-state index contributed by atoms with van der Waals surface area (Å²) >= 11 is 3.48. The topological polar surface area (TPSA) is 61.2 Å². The first-order chi connectivity index (χ1) is 12.7. The Morgan fingerprint density at radius 1 is 1.08 bits per heavy atom. The van der Waals surface area contributed by atoms with Gasteiger partial charge in [0, 0.05) is 15.7 Å². The zero-order valence-corrected chi connectivity index (χ0v) is 15.9. The Balaban J connectivity index is 1.85. The molecule has 0 spiro atoms. The van der Waals surface area contributed by atoms with Crippen molar-refractivity contribution in [2.45, 2.75) is 6.04 Å². The molecule has 26 heavy (non-hydrogen) atoms. The summed E-state index contributed by atoms with van der Waals surface area (Å²) in [7, 11) is 3.28. The zero-order chi connectivity index (χ0) is 18.1. The van der Waals surface area contributed by atoms with Gasteiger partial charge in [0.2, 0.25) is 5.95 Å². The van der Waals surface area contributed by atoms with Gasteiger partial charge in [0.25, 0.3) is 0 Å². The zero-order valence-electron chi connectivity index (χ0n) is 14.3. The molecule has 0 aliphatic carbocycles. The van der Waals surface area contributed by atoms with Gasteiger partial charge in [-0.2, -0.15) is 10.1 Å². The fraction of sp³-hybridized carbons (Fsp3) is 0.158. The lowest BCUT2D eigenvalue weighted by Gasteiger charge is -2.26. The first-order valence-corrected chi connectivity index (χ1v) is 8.85. The Bertz CT molecular complexity index is 966. The summed E-state index contributed by atoms with van der Waals surface area (Å²) in [6.07, 6.45) is 3.66. The molecule has 3 aromatic rings. The van der Waals surface area contributed by atoms with Crippen molar-refractivity contribution in [3.8, 4) is 11.5 Å². The quantitative estimate of drug-likeness (QED) is 0.698. The molecular formula is C19H17BrN4O2. The molecule has 1 unspecified atom stereocenters. The Labute approximate surface area is 159 Å². The fourth-order valence-electron chi connectivity index (χ4n) is 3.10. The van der Waals surface area contributed by atoms with Gasteiger partial charge < -0.3 is 14.8 Å². The minimum atomic E-state index is -0.169. The third-order valence-electron chi connectivity index (χ3n) is 4.31. The molecule has 7 heteroatoms. The summed E-state index contributed by atoms with van der Waals surface area (Å²) in [5.41, 5.74) is 2.98. The highest BCUT2D eigenvalue weighted by molar-refractivity contribution is 9.10. The van der Waals surface area contributed by atoms with Crippen LogP contribution in [0.4, 0.5) is 5.95 Å². The number of rotatable bonds is 4. The monoisotopic (exact) mass is 412 g/mol. The molecule has 2 aromatic carbocycles. The highest BCUT2D eigenvalue weighted by Crippen LogP contribution is 2.40. The van der Waals surface area contributed by atoms with E-state index in [2.05, 4.69) is 49.5 Å². The Morgan fingerprint density at radius 2 is 1.88 bits per heavy atom. The number of benzene rings is 2. The van der Waals surface area contributed by atoms with Gasteiger partial charge in [-0.15, -0.1) is 0 Å². The number of fused-ring (bicyclic) bond motifs is 1. The molecule has 4 rings (SSSR count). The van der Waals surface area contributed by atoms with Crippen molar-refractivity contribution in [1.82, 2.24) is 14.8 Å². The largest absolute Gasteiger partial charge is 0.493 e. The van der Waals surface area contributed by atoms with Crippen molar-refractivity contribution in [2.75, 3.05) is 19.5 Å². The molecule has 0 amide bonds. The second kappa shape index (κ2) is 6.84. The lowest BCUT2D eigenvalue weighted by atomic mass is 10.0. The van der Waals surface area contributed by atoms with E-state index in [0.29, 0.717) is 17.4 Å². The van der Waals surface area contributed by atoms with E-state index in [1.54, 1.807) is 20.5 Å². The van der Waals surface area contributed by atoms with Crippen molar-refractivity contribution in [3.63, 3.8) is 0 Å². The standard InChI is InChI=1S/C19H17BrN4O2/c1-25-17-5-3-4-14(18(17)26-2)16-10-15(12-6-8-13(20)9-7-12)23-19-21-11-22-24(16)19/h3-11,16H,1-2H3,(H,21,22,23). The number of methoxy groups -OCH3 is 2. The molecule has 2 heterocycles. The van der Waals surface area contributed by atoms with E-state index in [4.69, 9.17) is 9.47 Å². The summed E-state index contributed by atoms with van der Waals surface area (Å²) in [6.45, 7) is 0. The van der Waals surface area contributed by atoms with Gasteiger partial charge in [-0.05, 0) is 29.8 Å². The minimum Gasteiger partial charge on any atom is -0.493 e. The van der Waals surface area contributed by atoms with E-state index >= 15 is 0 Å². The normalized spacial score (nSPS) is 15.7. The average Bonchev–Trinajstić information content (AvgIpc) is 3.15. The van der Waals surface area contributed by atoms with Gasteiger partial charge in [-0.3, -0.25) is 0 Å². The van der Waals surface area contributed by atoms with E-state index in [-0.39, 0.29) is 6.04 Å². The number of hydrogen-bond donors (Lipinski definition) is 1. The van der Waals surface area contributed by atoms with Crippen LogP contribution in [0.3, 0.4) is 0 Å². The fourth-order valence-corrected chi connectivity index (χ4v) is 3.36. The molecule has 0 bridgehead atoms. The second-order valence-electron chi connectivity index (χ2n) is 5.77. The Hall–Kier alpha value is -2.80. The molecule has 6 nitrogen and oxygen atoms in total. The van der Waals surface area contributed by atoms with Crippen molar-refractivity contribution < 1.29 is 9.47 Å². The lowest BCUT2D eigenvalue weighted by molar-refractivity contribution is 0.349. The smallest absolute Gasteiger partial charge is 0.226 e. The molecule has 1 aliphatic rings. The Kier molecular flexibility index (Phi) is 4.38. The van der Waals surface area contributed by atoms with Gasteiger partial charge in [-0.1, -0.05) is 40.2 Å². The lowest BCUT2D eigenvalue weighted by Crippen LogP contribution is -2.20. The first-order valence-electron chi connectivity index (χ1n) is 8.06. The maximum atomic E-state index is 5.63. The third-order valence-corrected chi connectivity index (χ3v) is 4.84. The van der Waals surface area contributed by atoms with Gasteiger partial charge in [0.1, 0.15) is 12.4 Å². The predicted octanol–water partition coefficient (Wildman–Crippen LogP) is 4.11. The van der Waals surface area contributed by atoms with Crippen LogP contribution in [0.1, 0.15) is 17.2 Å². The molecule has 1 aliphatic heterocycles. The molecule has 0 fully saturated rings. The molecule has 0 radical (unpaired) electrons. The van der Waals surface area contributed by atoms with Crippen LogP contribution >= 0.6 is 15.9 Å². The number of anilines is 1. The second-order valence-corrected chi connectivity index (χ2v) is 6.68. The molecule has 0 saturated heterocycles. The van der Waals surface area contributed by atoms with Gasteiger partial charge in [0.05, 0.1) is 14.2 Å². The highest BCUT2D eigenvalue weighted by Gasteiger charge is 2.27. The molecular weight excluding hydrogens is 396 g/mol. The average molecular weight is 413 g/mol. The number of halogens is 1. The number of allylic oxidation sites excluding steroid dienone is 1. The van der Waals surface area contributed by atoms with E-state index < -0.39 is 0 Å². The van der Waals surface area contributed by atoms with E-state index in [1.165, 1.54) is 0 Å². The molecule has 132 valence electrons. The summed E-state index contributed by atoms with van der Waals surface area (Å²) in [4.78, 5) is 4.34. The van der Waals surface area contributed by atoms with Gasteiger partial charge in [-0.25, -0.2) is 4.68 Å². The van der Waals surface area contributed by atoms with Crippen LogP contribution in [-0.2, 0) is 0 Å². The minimum absolute atomic E-state index is 0.169. The van der Waals surface area contributed by atoms with Gasteiger partial charge in [0.15, 0.2) is 11.5 Å². The summed E-state index contributed by atoms with van der Waals surface area (Å²) in [6, 6.07) is 13.8. The van der Waals surface area contributed by atoms with E-state index in [1.807, 2.05) is 35.0 Å². The van der Waals surface area contributed by atoms with Gasteiger partial charge >= 0.3 is 0 Å². The van der Waals surface area contributed by atoms with Crippen LogP contribution in [0, 0.1) is 0 Å². The molecule has 0 saturated carbocycles. The van der Waals surface area contributed by atoms with Crippen molar-refractivity contribution in [2.24, 2.45) is 0 Å². The van der Waals surface area contributed by atoms with Crippen LogP contribution in [-0.4, -0.2) is 29.0 Å². The number of nitrogens with zero attached hydrogens (tertiary/aromatic N) is 3. The summed E-state index contributed by atoms with van der Waals surface area (Å²) < 4.78 is 13.9. The third kappa shape index (κ3) is 2.84. The molecule has 1 aromatic heterocycles. The molecule has 1 atom stereocenters. The van der Waals surface area contributed by atoms with E-state index in [9.17, 15) is 0 Å². The maximum absolute atomic E-state index is 5.63. The number of hydrogen-bond acceptors (Lipinski definition) is 5. The number of aromatic nitrogens is 3. The van der Waals surface area contributed by atoms with E-state index in [0.717, 1.165) is 21.3 Å². The van der Waals surface area contributed by atoms with Crippen molar-refractivity contribution in [1.29, 1.82) is 0 Å². The van der Waals surface area contributed by atoms with Crippen LogP contribution in [0.5, 0.6) is 11.5 Å². The maximum Gasteiger partial charge on any atom is 0.226 e. The van der Waals surface area contributed by atoms with Crippen molar-refractivity contribution in [3.05, 3.63) is 70.5 Å². The highest BCUT2D eigenvalue weighted by atomic mass is 79.9. The SMILES string of the molecule is COc1cccc(C2C=C(c3ccc(Br)cc3)Nc3ncnn32)c1OC. The number of nitrogens with one attached hydrogen (secondary N) is 1. The van der Waals surface area contributed by atoms with Crippen LogP contribution < -0.4 is 14.8 Å². The van der Waals surface area contributed by atoms with Crippen molar-refractivity contribution >= 4 is 27.6 Å². The number of para-hydroxylation sites is 1. The van der Waals surface area contributed by atoms with Crippen LogP contribution in [0.15, 0.2) is 59.3 Å². The predicted molar refractivity (Wildman–Crippen MR) is 103 cm³/mol. The van der Waals surface area contributed by atoms with Crippen LogP contribution in [0.25, 0.3) is 5.70 Å². The van der Waals surface area contributed by atoms with Crippen LogP contribution in [0.2, 0.25) is 0 Å². The number of ether oxygens (including phenoxy) is 2.